The number of hydrogen-bond acceptors (Lipinski definition) is 8. The van der Waals surface area contributed by atoms with Gasteiger partial charge >= 0.3 is 5.97 Å². The number of pyridine rings is 2. The zero-order chi connectivity index (χ0) is 35.2. The fourth-order valence-electron chi connectivity index (χ4n) is 8.15. The highest BCUT2D eigenvalue weighted by Gasteiger charge is 2.33. The van der Waals surface area contributed by atoms with Gasteiger partial charge in [-0.25, -0.2) is 9.37 Å². The number of rotatable bonds is 8. The molecule has 12 heteroatoms. The summed E-state index contributed by atoms with van der Waals surface area (Å²) in [6, 6.07) is 10.8. The van der Waals surface area contributed by atoms with Gasteiger partial charge in [0.2, 0.25) is 0 Å². The van der Waals surface area contributed by atoms with Crippen LogP contribution in [0.4, 0.5) is 21.6 Å². The fraction of sp³-hybridized carbons (Fsp3) is 0.436. The highest BCUT2D eigenvalue weighted by atomic mass is 19.1. The van der Waals surface area contributed by atoms with Crippen molar-refractivity contribution < 1.29 is 23.5 Å². The smallest absolute Gasteiger partial charge is 0.302 e. The molecule has 0 bridgehead atoms. The van der Waals surface area contributed by atoms with Crippen molar-refractivity contribution in [1.29, 1.82) is 0 Å². The van der Waals surface area contributed by atoms with Crippen molar-refractivity contribution in [3.8, 4) is 11.1 Å². The zero-order valence-electron chi connectivity index (χ0n) is 29.1. The number of fused-ring (bicyclic) bond motifs is 3. The van der Waals surface area contributed by atoms with Crippen molar-refractivity contribution in [3.05, 3.63) is 93.0 Å². The van der Waals surface area contributed by atoms with E-state index >= 15 is 4.39 Å². The van der Waals surface area contributed by atoms with Gasteiger partial charge in [0.25, 0.3) is 11.5 Å². The molecule has 2 fully saturated rings. The quantitative estimate of drug-likeness (QED) is 0.247. The Morgan fingerprint density at radius 3 is 2.57 bits per heavy atom. The van der Waals surface area contributed by atoms with Crippen molar-refractivity contribution in [2.45, 2.75) is 70.6 Å². The van der Waals surface area contributed by atoms with Crippen molar-refractivity contribution in [1.82, 2.24) is 19.0 Å². The summed E-state index contributed by atoms with van der Waals surface area (Å²) < 4.78 is 30.0. The summed E-state index contributed by atoms with van der Waals surface area (Å²) in [5.41, 5.74) is 5.93. The monoisotopic (exact) mass is 694 g/mol. The maximum atomic E-state index is 15.6. The van der Waals surface area contributed by atoms with Crippen molar-refractivity contribution in [2.24, 2.45) is 7.05 Å². The predicted molar refractivity (Wildman–Crippen MR) is 191 cm³/mol. The van der Waals surface area contributed by atoms with Crippen LogP contribution in [0, 0.1) is 5.82 Å². The third-order valence-corrected chi connectivity index (χ3v) is 11.0. The molecular weight excluding hydrogens is 651 g/mol. The van der Waals surface area contributed by atoms with E-state index in [4.69, 9.17) is 9.47 Å². The molecule has 1 N–H and O–H groups in total. The van der Waals surface area contributed by atoms with Crippen molar-refractivity contribution >= 4 is 29.1 Å². The number of ether oxygens (including phenoxy) is 2. The summed E-state index contributed by atoms with van der Waals surface area (Å²) in [6.07, 6.45) is 9.73. The van der Waals surface area contributed by atoms with Crippen LogP contribution < -0.4 is 15.8 Å². The molecule has 1 amide bonds. The second-order valence-electron chi connectivity index (χ2n) is 14.2. The first-order chi connectivity index (χ1) is 24.7. The highest BCUT2D eigenvalue weighted by Crippen LogP contribution is 2.37. The molecule has 0 spiro atoms. The Morgan fingerprint density at radius 2 is 1.84 bits per heavy atom. The van der Waals surface area contributed by atoms with Crippen LogP contribution in [0.15, 0.2) is 53.6 Å². The Kier molecular flexibility index (Phi) is 8.97. The number of nitrogens with zero attached hydrogens (tertiary/aromatic N) is 5. The topological polar surface area (TPSA) is 111 Å². The minimum Gasteiger partial charge on any atom is -0.461 e. The molecule has 0 atom stereocenters. The first kappa shape index (κ1) is 33.3. The van der Waals surface area contributed by atoms with E-state index in [2.05, 4.69) is 25.8 Å². The van der Waals surface area contributed by atoms with Gasteiger partial charge in [0.15, 0.2) is 0 Å². The normalized spacial score (nSPS) is 18.3. The average molecular weight is 695 g/mol. The highest BCUT2D eigenvalue weighted by molar-refractivity contribution is 6.07. The molecule has 3 aliphatic heterocycles. The van der Waals surface area contributed by atoms with Gasteiger partial charge in [-0.15, -0.1) is 0 Å². The number of halogens is 1. The summed E-state index contributed by atoms with van der Waals surface area (Å²) >= 11 is 0. The van der Waals surface area contributed by atoms with E-state index in [9.17, 15) is 14.4 Å². The van der Waals surface area contributed by atoms with E-state index in [1.54, 1.807) is 24.2 Å². The van der Waals surface area contributed by atoms with Gasteiger partial charge in [0.1, 0.15) is 29.6 Å². The van der Waals surface area contributed by atoms with Crippen LogP contribution in [-0.4, -0.2) is 69.8 Å². The molecule has 51 heavy (non-hydrogen) atoms. The molecule has 1 aromatic carbocycles. The standard InChI is InChI=1S/C39H43FN6O5/c1-24(47)51-23-32-31(17-29(40)18-35(32)46-14-13-45-34-6-4-3-5-26(34)16-36(45)39(46)49)28-15-33(38(48)43(2)20-28)42-37-8-7-27(19-41-37)25-9-11-44(12-10-25)30-21-50-22-30/h7-8,15-20,25,30H,3-6,9-14,21-23H2,1-2H3,(H,41,42). The lowest BCUT2D eigenvalue weighted by molar-refractivity contribution is -0.142. The molecule has 2 saturated heterocycles. The van der Waals surface area contributed by atoms with E-state index in [1.807, 2.05) is 18.3 Å². The third kappa shape index (κ3) is 6.46. The van der Waals surface area contributed by atoms with E-state index in [-0.39, 0.29) is 23.8 Å². The van der Waals surface area contributed by atoms with E-state index in [0.717, 1.165) is 64.8 Å². The summed E-state index contributed by atoms with van der Waals surface area (Å²) in [6.45, 7) is 5.82. The molecular formula is C39H43FN6O5. The molecule has 0 radical (unpaired) electrons. The van der Waals surface area contributed by atoms with Gasteiger partial charge in [0.05, 0.1) is 24.9 Å². The summed E-state index contributed by atoms with van der Waals surface area (Å²) in [5, 5.41) is 3.18. The maximum Gasteiger partial charge on any atom is 0.302 e. The number of nitrogens with one attached hydrogen (secondary N) is 1. The molecule has 266 valence electrons. The van der Waals surface area contributed by atoms with Gasteiger partial charge in [-0.05, 0) is 105 Å². The number of carbonyl (C=O) groups is 2. The SMILES string of the molecule is CC(=O)OCc1c(-c2cc(Nc3ccc(C4CCN(C5COC5)CC4)cn3)c(=O)n(C)c2)cc(F)cc1N1CCn2c(cc3c2CCCC3)C1=O. The van der Waals surface area contributed by atoms with Gasteiger partial charge < -0.3 is 28.8 Å². The van der Waals surface area contributed by atoms with Crippen molar-refractivity contribution in [3.63, 3.8) is 0 Å². The average Bonchev–Trinajstić information content (AvgIpc) is 3.49. The lowest BCUT2D eigenvalue weighted by Crippen LogP contribution is -2.51. The number of benzene rings is 1. The predicted octanol–water partition coefficient (Wildman–Crippen LogP) is 5.31. The molecule has 8 rings (SSSR count). The largest absolute Gasteiger partial charge is 0.461 e. The Bertz CT molecular complexity index is 2040. The fourth-order valence-corrected chi connectivity index (χ4v) is 8.15. The zero-order valence-corrected chi connectivity index (χ0v) is 29.1. The van der Waals surface area contributed by atoms with E-state index in [0.29, 0.717) is 58.9 Å². The number of amides is 1. The first-order valence-electron chi connectivity index (χ1n) is 18.0. The number of aromatic nitrogens is 3. The summed E-state index contributed by atoms with van der Waals surface area (Å²) in [7, 11) is 1.63. The molecule has 4 aliphatic rings. The Morgan fingerprint density at radius 1 is 1.04 bits per heavy atom. The van der Waals surface area contributed by atoms with E-state index < -0.39 is 11.8 Å². The van der Waals surface area contributed by atoms with Crippen LogP contribution >= 0.6 is 0 Å². The van der Waals surface area contributed by atoms with Crippen LogP contribution in [0.5, 0.6) is 0 Å². The number of piperidine rings is 1. The van der Waals surface area contributed by atoms with Crippen LogP contribution in [-0.2, 0) is 47.3 Å². The van der Waals surface area contributed by atoms with Crippen LogP contribution in [0.2, 0.25) is 0 Å². The van der Waals surface area contributed by atoms with Crippen LogP contribution in [0.1, 0.15) is 71.4 Å². The molecule has 11 nitrogen and oxygen atoms in total. The molecule has 0 unspecified atom stereocenters. The van der Waals surface area contributed by atoms with Gasteiger partial charge in [-0.3, -0.25) is 19.3 Å². The van der Waals surface area contributed by atoms with Gasteiger partial charge in [-0.2, -0.15) is 0 Å². The van der Waals surface area contributed by atoms with Crippen LogP contribution in [0.3, 0.4) is 0 Å². The lowest BCUT2D eigenvalue weighted by Gasteiger charge is -2.41. The Hall–Kier alpha value is -4.81. The van der Waals surface area contributed by atoms with Gasteiger partial charge in [0, 0.05) is 56.3 Å². The molecule has 4 aromatic rings. The molecule has 6 heterocycles. The minimum atomic E-state index is -0.549. The van der Waals surface area contributed by atoms with Crippen molar-refractivity contribution in [2.75, 3.05) is 43.1 Å². The Labute approximate surface area is 296 Å². The number of likely N-dealkylation sites (tertiary alicyclic amines) is 1. The molecule has 0 saturated carbocycles. The maximum absolute atomic E-state index is 15.6. The van der Waals surface area contributed by atoms with Gasteiger partial charge in [-0.1, -0.05) is 6.07 Å². The minimum absolute atomic E-state index is 0.177. The number of carbonyl (C=O) groups excluding carboxylic acids is 2. The summed E-state index contributed by atoms with van der Waals surface area (Å²) in [4.78, 5) is 48.2. The number of hydrogen-bond donors (Lipinski definition) is 1. The third-order valence-electron chi connectivity index (χ3n) is 11.0. The molecule has 1 aliphatic carbocycles. The van der Waals surface area contributed by atoms with Crippen LogP contribution in [0.25, 0.3) is 11.1 Å². The first-order valence-corrected chi connectivity index (χ1v) is 18.0. The lowest BCUT2D eigenvalue weighted by atomic mass is 9.89. The van der Waals surface area contributed by atoms with E-state index in [1.165, 1.54) is 40.4 Å². The second kappa shape index (κ2) is 13.7. The molecule has 3 aromatic heterocycles. The second-order valence-corrected chi connectivity index (χ2v) is 14.2. The number of aryl methyl sites for hydroxylation is 2. The Balaban J connectivity index is 1.09. The summed E-state index contributed by atoms with van der Waals surface area (Å²) in [5.74, 6) is -0.321. The number of esters is 1. The number of anilines is 3.